The quantitative estimate of drug-likeness (QED) is 0.482. The molecule has 0 bridgehead atoms. The van der Waals surface area contributed by atoms with Gasteiger partial charge in [-0.15, -0.1) is 11.3 Å². The molecule has 2 heterocycles. The molecule has 3 aromatic rings. The van der Waals surface area contributed by atoms with Gasteiger partial charge in [-0.3, -0.25) is 9.59 Å². The van der Waals surface area contributed by atoms with Crippen LogP contribution in [0.1, 0.15) is 28.0 Å². The fourth-order valence-electron chi connectivity index (χ4n) is 3.37. The largest absolute Gasteiger partial charge is 0.359 e. The van der Waals surface area contributed by atoms with Crippen LogP contribution in [-0.4, -0.2) is 50.3 Å². The summed E-state index contributed by atoms with van der Waals surface area (Å²) in [6, 6.07) is 10.3. The number of sulfone groups is 1. The average Bonchev–Trinajstić information content (AvgIpc) is 3.40. The van der Waals surface area contributed by atoms with Crippen LogP contribution in [0.5, 0.6) is 0 Å². The first-order valence-electron chi connectivity index (χ1n) is 9.80. The Morgan fingerprint density at radius 1 is 1.19 bits per heavy atom. The van der Waals surface area contributed by atoms with Gasteiger partial charge in [0.1, 0.15) is 19.9 Å². The first kappa shape index (κ1) is 24.6. The number of thiophene rings is 1. The van der Waals surface area contributed by atoms with Gasteiger partial charge in [0.15, 0.2) is 0 Å². The Bertz CT molecular complexity index is 1230. The second kappa shape index (κ2) is 10.2. The predicted molar refractivity (Wildman–Crippen MR) is 130 cm³/mol. The second-order valence-corrected chi connectivity index (χ2v) is 11.8. The van der Waals surface area contributed by atoms with Gasteiger partial charge in [-0.25, -0.2) is 8.42 Å². The maximum absolute atomic E-state index is 12.4. The standard InChI is InChI=1S/C16H12Cl2N2OS.C5H11NO3S/c17-13-14-12(22-15(13)18)7-11(20-14)16(21)19-10-5-8-3-1-2-4-9(8)6-10;1-6-5(7)3-4-10(2,8)9/h1-4,7,10,20H,5-6H2,(H,19,21);3-4H2,1-2H3,(H,6,7). The number of hydrogen-bond donors (Lipinski definition) is 3. The van der Waals surface area contributed by atoms with Crippen molar-refractivity contribution in [3.8, 4) is 0 Å². The summed E-state index contributed by atoms with van der Waals surface area (Å²) >= 11 is 13.5. The number of benzene rings is 1. The molecule has 1 aliphatic rings. The fourth-order valence-corrected chi connectivity index (χ4v) is 5.41. The van der Waals surface area contributed by atoms with Crippen molar-refractivity contribution in [3.63, 3.8) is 0 Å². The molecule has 0 radical (unpaired) electrons. The molecule has 0 atom stereocenters. The van der Waals surface area contributed by atoms with E-state index in [0.29, 0.717) is 15.1 Å². The summed E-state index contributed by atoms with van der Waals surface area (Å²) in [5.74, 6) is -0.425. The lowest BCUT2D eigenvalue weighted by Crippen LogP contribution is -2.35. The van der Waals surface area contributed by atoms with E-state index >= 15 is 0 Å². The number of carbonyl (C=O) groups excluding carboxylic acids is 2. The Morgan fingerprint density at radius 2 is 1.81 bits per heavy atom. The highest BCUT2D eigenvalue weighted by Gasteiger charge is 2.24. The molecule has 2 amide bonds. The van der Waals surface area contributed by atoms with E-state index in [9.17, 15) is 18.0 Å². The summed E-state index contributed by atoms with van der Waals surface area (Å²) in [6.45, 7) is 0. The van der Waals surface area contributed by atoms with Crippen molar-refractivity contribution in [1.82, 2.24) is 15.6 Å². The van der Waals surface area contributed by atoms with Crippen LogP contribution in [0.3, 0.4) is 0 Å². The van der Waals surface area contributed by atoms with Crippen molar-refractivity contribution in [2.45, 2.75) is 25.3 Å². The van der Waals surface area contributed by atoms with Crippen molar-refractivity contribution in [3.05, 3.63) is 56.5 Å². The van der Waals surface area contributed by atoms with E-state index in [1.165, 1.54) is 29.5 Å². The highest BCUT2D eigenvalue weighted by atomic mass is 35.5. The molecule has 172 valence electrons. The highest BCUT2D eigenvalue weighted by molar-refractivity contribution is 7.90. The minimum absolute atomic E-state index is 0.0509. The van der Waals surface area contributed by atoms with E-state index in [0.717, 1.165) is 29.3 Å². The normalized spacial score (nSPS) is 13.4. The van der Waals surface area contributed by atoms with E-state index in [-0.39, 0.29) is 30.0 Å². The number of rotatable bonds is 5. The highest BCUT2D eigenvalue weighted by Crippen LogP contribution is 2.38. The topological polar surface area (TPSA) is 108 Å². The van der Waals surface area contributed by atoms with Crippen LogP contribution in [0.4, 0.5) is 0 Å². The van der Waals surface area contributed by atoms with Crippen LogP contribution in [-0.2, 0) is 27.5 Å². The first-order valence-corrected chi connectivity index (χ1v) is 13.4. The summed E-state index contributed by atoms with van der Waals surface area (Å²) in [5, 5.41) is 5.90. The van der Waals surface area contributed by atoms with Gasteiger partial charge in [0, 0.05) is 25.8 Å². The number of aromatic amines is 1. The van der Waals surface area contributed by atoms with Gasteiger partial charge in [-0.2, -0.15) is 0 Å². The number of halogens is 2. The van der Waals surface area contributed by atoms with Crippen molar-refractivity contribution in [1.29, 1.82) is 0 Å². The number of aromatic nitrogens is 1. The number of amides is 2. The maximum atomic E-state index is 12.4. The third kappa shape index (κ3) is 6.25. The zero-order valence-electron chi connectivity index (χ0n) is 17.5. The van der Waals surface area contributed by atoms with Crippen molar-refractivity contribution >= 4 is 66.4 Å². The minimum atomic E-state index is -2.99. The van der Waals surface area contributed by atoms with Crippen molar-refractivity contribution in [2.24, 2.45) is 0 Å². The number of fused-ring (bicyclic) bond motifs is 2. The van der Waals surface area contributed by atoms with Crippen molar-refractivity contribution < 1.29 is 18.0 Å². The Balaban J connectivity index is 0.000000247. The van der Waals surface area contributed by atoms with Crippen LogP contribution in [0.15, 0.2) is 30.3 Å². The molecule has 0 unspecified atom stereocenters. The zero-order valence-corrected chi connectivity index (χ0v) is 20.6. The smallest absolute Gasteiger partial charge is 0.267 e. The third-order valence-electron chi connectivity index (χ3n) is 4.98. The van der Waals surface area contributed by atoms with Crippen LogP contribution in [0.2, 0.25) is 9.36 Å². The van der Waals surface area contributed by atoms with Gasteiger partial charge in [0.2, 0.25) is 5.91 Å². The molecular weight excluding hydrogens is 493 g/mol. The summed E-state index contributed by atoms with van der Waals surface area (Å²) in [4.78, 5) is 25.9. The molecule has 0 saturated heterocycles. The van der Waals surface area contributed by atoms with Crippen LogP contribution in [0, 0.1) is 0 Å². The summed E-state index contributed by atoms with van der Waals surface area (Å²) < 4.78 is 22.4. The Morgan fingerprint density at radius 3 is 2.34 bits per heavy atom. The molecule has 11 heteroatoms. The molecule has 0 spiro atoms. The monoisotopic (exact) mass is 515 g/mol. The molecule has 2 aromatic heterocycles. The molecule has 1 aromatic carbocycles. The molecule has 1 aliphatic carbocycles. The van der Waals surface area contributed by atoms with E-state index in [1.54, 1.807) is 6.07 Å². The third-order valence-corrected chi connectivity index (χ3v) is 7.86. The molecule has 4 rings (SSSR count). The molecule has 7 nitrogen and oxygen atoms in total. The second-order valence-electron chi connectivity index (χ2n) is 7.51. The Hall–Kier alpha value is -2.07. The predicted octanol–water partition coefficient (Wildman–Crippen LogP) is 3.60. The molecule has 0 saturated carbocycles. The Labute approximate surface area is 200 Å². The van der Waals surface area contributed by atoms with Gasteiger partial charge in [-0.05, 0) is 30.0 Å². The van der Waals surface area contributed by atoms with Crippen LogP contribution < -0.4 is 10.6 Å². The lowest BCUT2D eigenvalue weighted by Gasteiger charge is -2.10. The number of nitrogens with one attached hydrogen (secondary N) is 3. The van der Waals surface area contributed by atoms with Crippen LogP contribution in [0.25, 0.3) is 10.2 Å². The van der Waals surface area contributed by atoms with Gasteiger partial charge >= 0.3 is 0 Å². The lowest BCUT2D eigenvalue weighted by atomic mass is 10.1. The Kier molecular flexibility index (Phi) is 7.87. The van der Waals surface area contributed by atoms with E-state index in [4.69, 9.17) is 23.2 Å². The van der Waals surface area contributed by atoms with E-state index < -0.39 is 9.84 Å². The zero-order chi connectivity index (χ0) is 23.5. The molecule has 32 heavy (non-hydrogen) atoms. The SMILES string of the molecule is CNC(=O)CCS(C)(=O)=O.O=C(NC1Cc2ccccc2C1)c1cc2sc(Cl)c(Cl)c2[nH]1. The molecule has 0 aliphatic heterocycles. The summed E-state index contributed by atoms with van der Waals surface area (Å²) in [6.07, 6.45) is 2.92. The lowest BCUT2D eigenvalue weighted by molar-refractivity contribution is -0.120. The summed E-state index contributed by atoms with van der Waals surface area (Å²) in [5.41, 5.74) is 3.89. The number of hydrogen-bond acceptors (Lipinski definition) is 5. The minimum Gasteiger partial charge on any atom is -0.359 e. The van der Waals surface area contributed by atoms with E-state index in [1.807, 2.05) is 12.1 Å². The van der Waals surface area contributed by atoms with Gasteiger partial charge in [0.05, 0.1) is 21.0 Å². The van der Waals surface area contributed by atoms with Gasteiger partial charge < -0.3 is 15.6 Å². The maximum Gasteiger partial charge on any atom is 0.267 e. The van der Waals surface area contributed by atoms with Gasteiger partial charge in [-0.1, -0.05) is 47.5 Å². The fraction of sp³-hybridized carbons (Fsp3) is 0.333. The number of H-pyrrole nitrogens is 1. The van der Waals surface area contributed by atoms with E-state index in [2.05, 4.69) is 27.8 Å². The van der Waals surface area contributed by atoms with Gasteiger partial charge in [0.25, 0.3) is 5.91 Å². The average molecular weight is 516 g/mol. The first-order chi connectivity index (χ1) is 15.1. The molecular formula is C21H23Cl2N3O4S2. The molecule has 0 fully saturated rings. The van der Waals surface area contributed by atoms with Crippen molar-refractivity contribution in [2.75, 3.05) is 19.1 Å². The number of carbonyl (C=O) groups is 2. The summed E-state index contributed by atoms with van der Waals surface area (Å²) in [7, 11) is -1.51. The molecule has 3 N–H and O–H groups in total. The van der Waals surface area contributed by atoms with Crippen LogP contribution >= 0.6 is 34.5 Å².